The van der Waals surface area contributed by atoms with Gasteiger partial charge in [0.15, 0.2) is 9.84 Å². The van der Waals surface area contributed by atoms with E-state index in [1.54, 1.807) is 12.1 Å². The van der Waals surface area contributed by atoms with E-state index in [4.69, 9.17) is 16.0 Å². The normalized spacial score (nSPS) is 19.3. The van der Waals surface area contributed by atoms with Crippen molar-refractivity contribution in [3.8, 4) is 0 Å². The molecule has 1 atom stereocenters. The van der Waals surface area contributed by atoms with Crippen LogP contribution in [0.25, 0.3) is 0 Å². The Morgan fingerprint density at radius 3 is 2.75 bits per heavy atom. The van der Waals surface area contributed by atoms with Gasteiger partial charge in [-0.2, -0.15) is 0 Å². The number of hydrogen-bond donors (Lipinski definition) is 0. The van der Waals surface area contributed by atoms with Crippen LogP contribution in [0.5, 0.6) is 0 Å². The SMILES string of the molecule is O=C(c1ccc(F)cc1Cl)N(Cc1ccco1)C1CCS(=O)(=O)C1. The first-order chi connectivity index (χ1) is 11.4. The number of nitrogens with zero attached hydrogens (tertiary/aromatic N) is 1. The van der Waals surface area contributed by atoms with E-state index in [-0.39, 0.29) is 28.6 Å². The molecule has 0 saturated carbocycles. The average molecular weight is 372 g/mol. The first kappa shape index (κ1) is 17.0. The van der Waals surface area contributed by atoms with Crippen molar-refractivity contribution in [1.29, 1.82) is 0 Å². The zero-order valence-corrected chi connectivity index (χ0v) is 14.2. The third-order valence-corrected chi connectivity index (χ3v) is 6.04. The smallest absolute Gasteiger partial charge is 0.256 e. The molecule has 1 aliphatic rings. The molecule has 1 unspecified atom stereocenters. The summed E-state index contributed by atoms with van der Waals surface area (Å²) in [7, 11) is -3.17. The molecule has 1 aromatic heterocycles. The van der Waals surface area contributed by atoms with Gasteiger partial charge in [0.25, 0.3) is 5.91 Å². The first-order valence-electron chi connectivity index (χ1n) is 7.34. The molecule has 8 heteroatoms. The van der Waals surface area contributed by atoms with Gasteiger partial charge in [-0.15, -0.1) is 0 Å². The van der Waals surface area contributed by atoms with E-state index in [9.17, 15) is 17.6 Å². The molecule has 2 heterocycles. The summed E-state index contributed by atoms with van der Waals surface area (Å²) in [6.07, 6.45) is 1.84. The number of furan rings is 1. The lowest BCUT2D eigenvalue weighted by molar-refractivity contribution is 0.0666. The molecular weight excluding hydrogens is 357 g/mol. The Labute approximate surface area is 143 Å². The van der Waals surface area contributed by atoms with E-state index in [1.807, 2.05) is 0 Å². The fourth-order valence-electron chi connectivity index (χ4n) is 2.78. The summed E-state index contributed by atoms with van der Waals surface area (Å²) in [5, 5.41) is -0.00898. The van der Waals surface area contributed by atoms with Crippen molar-refractivity contribution >= 4 is 27.3 Å². The molecule has 0 radical (unpaired) electrons. The van der Waals surface area contributed by atoms with Gasteiger partial charge in [-0.1, -0.05) is 11.6 Å². The second kappa shape index (κ2) is 6.57. The topological polar surface area (TPSA) is 67.6 Å². The van der Waals surface area contributed by atoms with E-state index in [0.29, 0.717) is 12.2 Å². The number of amides is 1. The number of carbonyl (C=O) groups is 1. The molecule has 1 fully saturated rings. The van der Waals surface area contributed by atoms with E-state index in [0.717, 1.165) is 12.1 Å². The maximum Gasteiger partial charge on any atom is 0.256 e. The van der Waals surface area contributed by atoms with Crippen LogP contribution >= 0.6 is 11.6 Å². The number of rotatable bonds is 4. The summed E-state index contributed by atoms with van der Waals surface area (Å²) in [4.78, 5) is 14.3. The molecule has 0 spiro atoms. The molecule has 128 valence electrons. The Morgan fingerprint density at radius 1 is 1.38 bits per heavy atom. The monoisotopic (exact) mass is 371 g/mol. The van der Waals surface area contributed by atoms with Gasteiger partial charge in [0.05, 0.1) is 34.9 Å². The number of halogens is 2. The van der Waals surface area contributed by atoms with Crippen LogP contribution in [0.4, 0.5) is 4.39 Å². The van der Waals surface area contributed by atoms with Crippen molar-refractivity contribution in [2.75, 3.05) is 11.5 Å². The molecule has 2 aromatic rings. The molecule has 0 bridgehead atoms. The summed E-state index contributed by atoms with van der Waals surface area (Å²) in [5.41, 5.74) is 0.133. The molecule has 1 amide bonds. The molecule has 0 N–H and O–H groups in total. The second-order valence-electron chi connectivity index (χ2n) is 5.69. The molecule has 1 aliphatic heterocycles. The predicted octanol–water partition coefficient (Wildman–Crippen LogP) is 2.90. The zero-order valence-electron chi connectivity index (χ0n) is 12.6. The molecule has 1 saturated heterocycles. The first-order valence-corrected chi connectivity index (χ1v) is 9.54. The highest BCUT2D eigenvalue weighted by atomic mass is 35.5. The van der Waals surface area contributed by atoms with Gasteiger partial charge in [0, 0.05) is 6.04 Å². The predicted molar refractivity (Wildman–Crippen MR) is 87.1 cm³/mol. The molecule has 0 aliphatic carbocycles. The molecular formula is C16H15ClFNO4S. The Kier molecular flexibility index (Phi) is 4.64. The molecule has 1 aromatic carbocycles. The summed E-state index contributed by atoms with van der Waals surface area (Å²) < 4.78 is 42.1. The minimum atomic E-state index is -3.17. The van der Waals surface area contributed by atoms with Crippen LogP contribution in [0.3, 0.4) is 0 Å². The van der Waals surface area contributed by atoms with Crippen LogP contribution in [0, 0.1) is 5.82 Å². The van der Waals surface area contributed by atoms with Gasteiger partial charge >= 0.3 is 0 Å². The average Bonchev–Trinajstić information content (AvgIpc) is 3.13. The fourth-order valence-corrected chi connectivity index (χ4v) is 4.75. The highest BCUT2D eigenvalue weighted by Crippen LogP contribution is 2.25. The number of sulfone groups is 1. The van der Waals surface area contributed by atoms with E-state index in [2.05, 4.69) is 0 Å². The fraction of sp³-hybridized carbons (Fsp3) is 0.312. The van der Waals surface area contributed by atoms with Crippen LogP contribution in [-0.2, 0) is 16.4 Å². The van der Waals surface area contributed by atoms with Gasteiger partial charge in [-0.05, 0) is 36.8 Å². The van der Waals surface area contributed by atoms with Gasteiger partial charge in [0.1, 0.15) is 11.6 Å². The molecule has 5 nitrogen and oxygen atoms in total. The van der Waals surface area contributed by atoms with E-state index < -0.39 is 27.6 Å². The van der Waals surface area contributed by atoms with Crippen molar-refractivity contribution in [2.45, 2.75) is 19.0 Å². The minimum Gasteiger partial charge on any atom is -0.467 e. The Hall–Kier alpha value is -1.86. The van der Waals surface area contributed by atoms with Crippen LogP contribution < -0.4 is 0 Å². The van der Waals surface area contributed by atoms with Crippen LogP contribution in [0.15, 0.2) is 41.0 Å². The third kappa shape index (κ3) is 3.62. The Bertz CT molecular complexity index is 851. The number of hydrogen-bond acceptors (Lipinski definition) is 4. The van der Waals surface area contributed by atoms with Crippen LogP contribution in [-0.4, -0.2) is 36.8 Å². The lowest BCUT2D eigenvalue weighted by atomic mass is 10.1. The van der Waals surface area contributed by atoms with Gasteiger partial charge < -0.3 is 9.32 Å². The zero-order chi connectivity index (χ0) is 17.3. The third-order valence-electron chi connectivity index (χ3n) is 3.98. The summed E-state index contributed by atoms with van der Waals surface area (Å²) in [6, 6.07) is 6.44. The molecule has 3 rings (SSSR count). The second-order valence-corrected chi connectivity index (χ2v) is 8.33. The largest absolute Gasteiger partial charge is 0.467 e. The van der Waals surface area contributed by atoms with Crippen molar-refractivity contribution in [2.24, 2.45) is 0 Å². The summed E-state index contributed by atoms with van der Waals surface area (Å²) >= 11 is 5.98. The highest BCUT2D eigenvalue weighted by molar-refractivity contribution is 7.91. The summed E-state index contributed by atoms with van der Waals surface area (Å²) in [6.45, 7) is 0.125. The van der Waals surface area contributed by atoms with Gasteiger partial charge in [-0.25, -0.2) is 12.8 Å². The lowest BCUT2D eigenvalue weighted by Gasteiger charge is -2.28. The van der Waals surface area contributed by atoms with E-state index >= 15 is 0 Å². The highest BCUT2D eigenvalue weighted by Gasteiger charge is 2.36. The van der Waals surface area contributed by atoms with Crippen LogP contribution in [0.2, 0.25) is 5.02 Å². The molecule has 24 heavy (non-hydrogen) atoms. The standard InChI is InChI=1S/C16H15ClFNO4S/c17-15-8-11(18)3-4-14(15)16(20)19(9-13-2-1-6-23-13)12-5-7-24(21,22)10-12/h1-4,6,8,12H,5,7,9-10H2. The van der Waals surface area contributed by atoms with Crippen molar-refractivity contribution in [1.82, 2.24) is 4.90 Å². The Balaban J connectivity index is 1.92. The van der Waals surface area contributed by atoms with Crippen molar-refractivity contribution in [3.63, 3.8) is 0 Å². The summed E-state index contributed by atoms with van der Waals surface area (Å²) in [5.74, 6) is -0.517. The maximum absolute atomic E-state index is 13.2. The number of benzene rings is 1. The Morgan fingerprint density at radius 2 is 2.17 bits per heavy atom. The van der Waals surface area contributed by atoms with E-state index in [1.165, 1.54) is 17.2 Å². The van der Waals surface area contributed by atoms with Crippen molar-refractivity contribution in [3.05, 3.63) is 58.8 Å². The quantitative estimate of drug-likeness (QED) is 0.828. The van der Waals surface area contributed by atoms with Crippen molar-refractivity contribution < 1.29 is 22.0 Å². The maximum atomic E-state index is 13.2. The van der Waals surface area contributed by atoms with Gasteiger partial charge in [0.2, 0.25) is 0 Å². The minimum absolute atomic E-state index is 0.00898. The lowest BCUT2D eigenvalue weighted by Crippen LogP contribution is -2.40. The van der Waals surface area contributed by atoms with Crippen LogP contribution in [0.1, 0.15) is 22.5 Å². The van der Waals surface area contributed by atoms with Gasteiger partial charge in [-0.3, -0.25) is 4.79 Å². The number of carbonyl (C=O) groups excluding carboxylic acids is 1.